The standard InChI is InChI=1S/C14H20ClNO/c1-2-11-3-4-14(13(15)9-11)17-10-12-5-7-16-8-6-12/h3-4,9,12,16H,2,5-8,10H2,1H3. The highest BCUT2D eigenvalue weighted by atomic mass is 35.5. The Labute approximate surface area is 108 Å². The van der Waals surface area contributed by atoms with Crippen molar-refractivity contribution in [2.45, 2.75) is 26.2 Å². The van der Waals surface area contributed by atoms with Crippen LogP contribution in [0.15, 0.2) is 18.2 Å². The molecule has 0 atom stereocenters. The molecule has 2 rings (SSSR count). The molecule has 3 heteroatoms. The van der Waals surface area contributed by atoms with Gasteiger partial charge >= 0.3 is 0 Å². The van der Waals surface area contributed by atoms with Crippen molar-refractivity contribution in [2.75, 3.05) is 19.7 Å². The summed E-state index contributed by atoms with van der Waals surface area (Å²) in [5.41, 5.74) is 1.25. The van der Waals surface area contributed by atoms with Crippen molar-refractivity contribution in [3.05, 3.63) is 28.8 Å². The highest BCUT2D eigenvalue weighted by Gasteiger charge is 2.14. The van der Waals surface area contributed by atoms with Crippen LogP contribution in [0, 0.1) is 5.92 Å². The summed E-state index contributed by atoms with van der Waals surface area (Å²) in [6, 6.07) is 6.07. The van der Waals surface area contributed by atoms with Gasteiger partial charge in [0.25, 0.3) is 0 Å². The molecule has 2 nitrogen and oxygen atoms in total. The molecule has 1 aromatic rings. The second-order valence-corrected chi connectivity index (χ2v) is 5.03. The van der Waals surface area contributed by atoms with Gasteiger partial charge < -0.3 is 10.1 Å². The minimum atomic E-state index is 0.665. The van der Waals surface area contributed by atoms with Crippen LogP contribution in [-0.4, -0.2) is 19.7 Å². The number of benzene rings is 1. The molecule has 0 spiro atoms. The van der Waals surface area contributed by atoms with E-state index in [2.05, 4.69) is 18.3 Å². The minimum Gasteiger partial charge on any atom is -0.492 e. The third kappa shape index (κ3) is 3.62. The number of rotatable bonds is 4. The van der Waals surface area contributed by atoms with Crippen LogP contribution in [0.3, 0.4) is 0 Å². The van der Waals surface area contributed by atoms with E-state index in [9.17, 15) is 0 Å². The summed E-state index contributed by atoms with van der Waals surface area (Å²) in [6.07, 6.45) is 3.41. The van der Waals surface area contributed by atoms with Crippen LogP contribution < -0.4 is 10.1 Å². The van der Waals surface area contributed by atoms with Gasteiger partial charge in [0.05, 0.1) is 11.6 Å². The first kappa shape index (κ1) is 12.7. The Kier molecular flexibility index (Phi) is 4.69. The van der Waals surface area contributed by atoms with Gasteiger partial charge in [0.1, 0.15) is 5.75 Å². The normalized spacial score (nSPS) is 17.1. The Morgan fingerprint density at radius 1 is 1.35 bits per heavy atom. The molecule has 0 radical (unpaired) electrons. The van der Waals surface area contributed by atoms with E-state index in [0.717, 1.165) is 36.9 Å². The number of piperidine rings is 1. The Morgan fingerprint density at radius 2 is 2.12 bits per heavy atom. The van der Waals surface area contributed by atoms with Crippen molar-refractivity contribution >= 4 is 11.6 Å². The van der Waals surface area contributed by atoms with Crippen molar-refractivity contribution in [3.8, 4) is 5.75 Å². The van der Waals surface area contributed by atoms with Gasteiger partial charge in [0.15, 0.2) is 0 Å². The summed E-state index contributed by atoms with van der Waals surface area (Å²) < 4.78 is 5.82. The van der Waals surface area contributed by atoms with Gasteiger partial charge in [0.2, 0.25) is 0 Å². The Bertz CT molecular complexity index is 361. The number of aryl methyl sites for hydroxylation is 1. The summed E-state index contributed by atoms with van der Waals surface area (Å²) in [4.78, 5) is 0. The van der Waals surface area contributed by atoms with Gasteiger partial charge in [0, 0.05) is 0 Å². The molecule has 1 saturated heterocycles. The smallest absolute Gasteiger partial charge is 0.137 e. The van der Waals surface area contributed by atoms with Crippen LogP contribution in [-0.2, 0) is 6.42 Å². The number of hydrogen-bond donors (Lipinski definition) is 1. The van der Waals surface area contributed by atoms with E-state index < -0.39 is 0 Å². The molecule has 0 amide bonds. The molecule has 1 fully saturated rings. The number of nitrogens with one attached hydrogen (secondary N) is 1. The quantitative estimate of drug-likeness (QED) is 0.889. The summed E-state index contributed by atoms with van der Waals surface area (Å²) in [7, 11) is 0. The molecule has 0 aliphatic carbocycles. The molecule has 0 unspecified atom stereocenters. The van der Waals surface area contributed by atoms with E-state index in [1.165, 1.54) is 18.4 Å². The molecule has 94 valence electrons. The lowest BCUT2D eigenvalue weighted by atomic mass is 9.99. The first-order valence-electron chi connectivity index (χ1n) is 6.41. The zero-order chi connectivity index (χ0) is 12.1. The number of hydrogen-bond acceptors (Lipinski definition) is 2. The lowest BCUT2D eigenvalue weighted by Gasteiger charge is -2.22. The molecule has 1 N–H and O–H groups in total. The average Bonchev–Trinajstić information content (AvgIpc) is 2.38. The SMILES string of the molecule is CCc1ccc(OCC2CCNCC2)c(Cl)c1. The van der Waals surface area contributed by atoms with Gasteiger partial charge in [-0.05, 0) is 56.0 Å². The first-order valence-corrected chi connectivity index (χ1v) is 6.79. The molecule has 1 aliphatic rings. The molecule has 0 aromatic heterocycles. The van der Waals surface area contributed by atoms with Crippen LogP contribution in [0.25, 0.3) is 0 Å². The van der Waals surface area contributed by atoms with Gasteiger partial charge in [-0.3, -0.25) is 0 Å². The predicted octanol–water partition coefficient (Wildman–Crippen LogP) is 3.28. The second-order valence-electron chi connectivity index (χ2n) is 4.62. The van der Waals surface area contributed by atoms with Crippen LogP contribution >= 0.6 is 11.6 Å². The van der Waals surface area contributed by atoms with Crippen molar-refractivity contribution in [1.29, 1.82) is 0 Å². The van der Waals surface area contributed by atoms with Crippen molar-refractivity contribution in [1.82, 2.24) is 5.32 Å². The molecule has 1 heterocycles. The third-order valence-electron chi connectivity index (χ3n) is 3.34. The van der Waals surface area contributed by atoms with Gasteiger partial charge in [-0.25, -0.2) is 0 Å². The maximum Gasteiger partial charge on any atom is 0.137 e. The van der Waals surface area contributed by atoms with E-state index in [4.69, 9.17) is 16.3 Å². The Balaban J connectivity index is 1.89. The average molecular weight is 254 g/mol. The van der Waals surface area contributed by atoms with Gasteiger partial charge in [-0.15, -0.1) is 0 Å². The summed E-state index contributed by atoms with van der Waals surface area (Å²) in [5, 5.41) is 4.09. The number of halogens is 1. The molecule has 0 bridgehead atoms. The highest BCUT2D eigenvalue weighted by Crippen LogP contribution is 2.26. The fraction of sp³-hybridized carbons (Fsp3) is 0.571. The molecule has 1 aromatic carbocycles. The second kappa shape index (κ2) is 6.27. The molecule has 17 heavy (non-hydrogen) atoms. The van der Waals surface area contributed by atoms with Crippen LogP contribution in [0.5, 0.6) is 5.75 Å². The van der Waals surface area contributed by atoms with E-state index in [0.29, 0.717) is 5.92 Å². The first-order chi connectivity index (χ1) is 8.29. The fourth-order valence-electron chi connectivity index (χ4n) is 2.14. The Hall–Kier alpha value is -0.730. The molecular formula is C14H20ClNO. The van der Waals surface area contributed by atoms with E-state index >= 15 is 0 Å². The zero-order valence-electron chi connectivity index (χ0n) is 10.3. The van der Waals surface area contributed by atoms with E-state index in [-0.39, 0.29) is 0 Å². The lowest BCUT2D eigenvalue weighted by Crippen LogP contribution is -2.30. The lowest BCUT2D eigenvalue weighted by molar-refractivity contribution is 0.215. The van der Waals surface area contributed by atoms with Gasteiger partial charge in [-0.2, -0.15) is 0 Å². The maximum absolute atomic E-state index is 6.19. The van der Waals surface area contributed by atoms with Crippen molar-refractivity contribution < 1.29 is 4.74 Å². The van der Waals surface area contributed by atoms with Gasteiger partial charge in [-0.1, -0.05) is 24.6 Å². The summed E-state index contributed by atoms with van der Waals surface area (Å²) in [5.74, 6) is 1.49. The Morgan fingerprint density at radius 3 is 2.76 bits per heavy atom. The third-order valence-corrected chi connectivity index (χ3v) is 3.63. The largest absolute Gasteiger partial charge is 0.492 e. The summed E-state index contributed by atoms with van der Waals surface area (Å²) >= 11 is 6.19. The molecule has 1 aliphatic heterocycles. The molecule has 0 saturated carbocycles. The topological polar surface area (TPSA) is 21.3 Å². The van der Waals surface area contributed by atoms with E-state index in [1.807, 2.05) is 12.1 Å². The fourth-order valence-corrected chi connectivity index (χ4v) is 2.40. The highest BCUT2D eigenvalue weighted by molar-refractivity contribution is 6.32. The number of ether oxygens (including phenoxy) is 1. The predicted molar refractivity (Wildman–Crippen MR) is 71.9 cm³/mol. The van der Waals surface area contributed by atoms with Crippen LogP contribution in [0.1, 0.15) is 25.3 Å². The zero-order valence-corrected chi connectivity index (χ0v) is 11.1. The van der Waals surface area contributed by atoms with Crippen LogP contribution in [0.2, 0.25) is 5.02 Å². The van der Waals surface area contributed by atoms with Crippen molar-refractivity contribution in [2.24, 2.45) is 5.92 Å². The van der Waals surface area contributed by atoms with Crippen LogP contribution in [0.4, 0.5) is 0 Å². The minimum absolute atomic E-state index is 0.665. The molecular weight excluding hydrogens is 234 g/mol. The monoisotopic (exact) mass is 253 g/mol. The van der Waals surface area contributed by atoms with Crippen molar-refractivity contribution in [3.63, 3.8) is 0 Å². The van der Waals surface area contributed by atoms with E-state index in [1.54, 1.807) is 0 Å². The maximum atomic E-state index is 6.19. The summed E-state index contributed by atoms with van der Waals surface area (Å²) in [6.45, 7) is 5.13.